The van der Waals surface area contributed by atoms with Crippen LogP contribution < -0.4 is 20.3 Å². The Balaban J connectivity index is 0.818. The van der Waals surface area contributed by atoms with E-state index >= 15 is 4.39 Å². The molecule has 5 aliphatic heterocycles. The van der Waals surface area contributed by atoms with Crippen molar-refractivity contribution in [2.45, 2.75) is 82.1 Å². The largest absolute Gasteiger partial charge is 0.504 e. The van der Waals surface area contributed by atoms with Crippen LogP contribution in [0.4, 0.5) is 20.3 Å². The number of hydrogen-bond acceptors (Lipinski definition) is 11. The molecule has 0 bridgehead atoms. The Labute approximate surface area is 322 Å². The van der Waals surface area contributed by atoms with Crippen molar-refractivity contribution in [2.75, 3.05) is 36.4 Å². The molecule has 3 N–H and O–H groups in total. The van der Waals surface area contributed by atoms with Crippen LogP contribution in [0.5, 0.6) is 11.5 Å². The highest BCUT2D eigenvalue weighted by Gasteiger charge is 2.49. The number of aromatic hydroxyl groups is 1. The Morgan fingerprint density at radius 1 is 1.00 bits per heavy atom. The molecule has 56 heavy (non-hydrogen) atoms. The Bertz CT molecular complexity index is 2250. The molecule has 15 heteroatoms. The van der Waals surface area contributed by atoms with Crippen LogP contribution in [0.3, 0.4) is 0 Å². The van der Waals surface area contributed by atoms with Gasteiger partial charge >= 0.3 is 0 Å². The number of rotatable bonds is 8. The monoisotopic (exact) mass is 764 g/mol. The number of nitrogens with zero attached hydrogens (tertiary/aromatic N) is 6. The van der Waals surface area contributed by atoms with Gasteiger partial charge in [-0.25, -0.2) is 8.78 Å². The number of halogens is 2. The number of likely N-dealkylation sites (tertiary alicyclic amines) is 1. The molecule has 13 nitrogen and oxygen atoms in total. The molecule has 0 aliphatic carbocycles. The van der Waals surface area contributed by atoms with Gasteiger partial charge in [-0.05, 0) is 80.1 Å². The number of piperidine rings is 2. The molecule has 2 aromatic carbocycles. The quantitative estimate of drug-likeness (QED) is 0.210. The molecule has 3 atom stereocenters. The lowest BCUT2D eigenvalue weighted by Gasteiger charge is -2.43. The number of carbonyl (C=O) groups is 3. The van der Waals surface area contributed by atoms with Gasteiger partial charge in [-0.3, -0.25) is 29.6 Å². The second-order valence-electron chi connectivity index (χ2n) is 15.6. The standard InChI is InChI=1S/C41H42F2N8O5/c1-2-41-17-27(20-51(41)35-16-32(47-48-38(35)45-22-41)28-4-3-5-30(42)37(28)53)56-26-15-31(43)33(44-18-26)21-49-12-10-23(11-13-49)24-6-7-25-19-50(40(55)29(25)14-24)34-8-9-36(52)46-39(34)54/h3-7,14-16,18,23,27,34,53H,2,8-13,17,19-22H2,1H3,(H,45,48)(H,46,52,54)/t27-,34+,41-/m1/s1. The van der Waals surface area contributed by atoms with Gasteiger partial charge in [-0.2, -0.15) is 0 Å². The number of carbonyl (C=O) groups excluding carboxylic acids is 3. The van der Waals surface area contributed by atoms with Gasteiger partial charge in [0.2, 0.25) is 11.8 Å². The van der Waals surface area contributed by atoms with E-state index in [1.807, 2.05) is 12.1 Å². The van der Waals surface area contributed by atoms with Gasteiger partial charge in [0, 0.05) is 49.7 Å². The highest BCUT2D eigenvalue weighted by molar-refractivity contribution is 6.05. The predicted octanol–water partition coefficient (Wildman–Crippen LogP) is 4.90. The van der Waals surface area contributed by atoms with Crippen LogP contribution in [-0.4, -0.2) is 91.7 Å². The Kier molecular flexibility index (Phi) is 9.06. The average molecular weight is 765 g/mol. The molecule has 7 heterocycles. The van der Waals surface area contributed by atoms with Crippen LogP contribution in [0.15, 0.2) is 54.7 Å². The van der Waals surface area contributed by atoms with Gasteiger partial charge in [0.05, 0.1) is 35.4 Å². The van der Waals surface area contributed by atoms with Crippen molar-refractivity contribution in [3.05, 3.63) is 88.7 Å². The maximum atomic E-state index is 15.6. The number of amides is 3. The molecule has 3 saturated heterocycles. The highest BCUT2D eigenvalue weighted by Crippen LogP contribution is 2.45. The van der Waals surface area contributed by atoms with Crippen LogP contribution in [0.25, 0.3) is 11.3 Å². The maximum Gasteiger partial charge on any atom is 0.255 e. The van der Waals surface area contributed by atoms with Crippen molar-refractivity contribution in [1.82, 2.24) is 30.3 Å². The normalized spacial score (nSPS) is 23.7. The SMILES string of the molecule is CC[C@@]12CNc3nnc(-c4cccc(F)c4O)cc3N1C[C@H](Oc1cnc(CN3CCC(c4ccc5c(c4)C(=O)N([C@H]4CCC(=O)NC4=O)C5)CC3)c(F)c1)C2. The molecule has 2 aromatic heterocycles. The van der Waals surface area contributed by atoms with Crippen molar-refractivity contribution < 1.29 is 33.0 Å². The molecule has 3 fully saturated rings. The van der Waals surface area contributed by atoms with E-state index in [-0.39, 0.29) is 41.4 Å². The summed E-state index contributed by atoms with van der Waals surface area (Å²) in [5.74, 6) is -1.34. The fourth-order valence-electron chi connectivity index (χ4n) is 9.16. The fourth-order valence-corrected chi connectivity index (χ4v) is 9.16. The van der Waals surface area contributed by atoms with E-state index in [9.17, 15) is 23.9 Å². The van der Waals surface area contributed by atoms with Gasteiger partial charge in [0.25, 0.3) is 5.91 Å². The second kappa shape index (κ2) is 14.1. The number of pyridine rings is 1. The molecule has 0 spiro atoms. The van der Waals surface area contributed by atoms with Crippen LogP contribution >= 0.6 is 0 Å². The summed E-state index contributed by atoms with van der Waals surface area (Å²) >= 11 is 0. The summed E-state index contributed by atoms with van der Waals surface area (Å²) in [6, 6.07) is 12.9. The minimum absolute atomic E-state index is 0.174. The van der Waals surface area contributed by atoms with E-state index in [4.69, 9.17) is 4.74 Å². The first kappa shape index (κ1) is 36.0. The number of benzene rings is 2. The van der Waals surface area contributed by atoms with E-state index in [1.165, 1.54) is 18.2 Å². The smallest absolute Gasteiger partial charge is 0.255 e. The Morgan fingerprint density at radius 3 is 2.62 bits per heavy atom. The molecule has 3 amide bonds. The third kappa shape index (κ3) is 6.36. The van der Waals surface area contributed by atoms with Gasteiger partial charge in [-0.1, -0.05) is 25.1 Å². The second-order valence-corrected chi connectivity index (χ2v) is 15.6. The van der Waals surface area contributed by atoms with E-state index in [2.05, 4.69) is 48.6 Å². The number of anilines is 2. The third-order valence-electron chi connectivity index (χ3n) is 12.3. The minimum Gasteiger partial charge on any atom is -0.504 e. The number of aromatic nitrogens is 3. The van der Waals surface area contributed by atoms with E-state index in [0.29, 0.717) is 67.5 Å². The molecule has 0 radical (unpaired) electrons. The van der Waals surface area contributed by atoms with Gasteiger partial charge in [-0.15, -0.1) is 10.2 Å². The summed E-state index contributed by atoms with van der Waals surface area (Å²) in [5, 5.41) is 24.7. The lowest BCUT2D eigenvalue weighted by molar-refractivity contribution is -0.136. The number of imide groups is 1. The van der Waals surface area contributed by atoms with E-state index < -0.39 is 29.3 Å². The van der Waals surface area contributed by atoms with Gasteiger partial charge in [0.15, 0.2) is 17.4 Å². The molecular formula is C41H42F2N8O5. The zero-order valence-corrected chi connectivity index (χ0v) is 30.9. The highest BCUT2D eigenvalue weighted by atomic mass is 19.1. The number of fused-ring (bicyclic) bond motifs is 4. The molecule has 0 unspecified atom stereocenters. The van der Waals surface area contributed by atoms with Crippen LogP contribution in [0, 0.1) is 11.6 Å². The van der Waals surface area contributed by atoms with Crippen molar-refractivity contribution in [3.63, 3.8) is 0 Å². The maximum absolute atomic E-state index is 15.6. The fraction of sp³-hybridized carbons (Fsp3) is 0.415. The van der Waals surface area contributed by atoms with E-state index in [0.717, 1.165) is 49.2 Å². The van der Waals surface area contributed by atoms with E-state index in [1.54, 1.807) is 23.2 Å². The van der Waals surface area contributed by atoms with Crippen molar-refractivity contribution in [2.24, 2.45) is 0 Å². The number of nitrogens with one attached hydrogen (secondary N) is 2. The summed E-state index contributed by atoms with van der Waals surface area (Å²) in [4.78, 5) is 47.9. The molecular weight excluding hydrogens is 722 g/mol. The van der Waals surface area contributed by atoms with Gasteiger partial charge < -0.3 is 25.0 Å². The summed E-state index contributed by atoms with van der Waals surface area (Å²) in [6.45, 7) is 5.45. The lowest BCUT2D eigenvalue weighted by Crippen LogP contribution is -2.52. The summed E-state index contributed by atoms with van der Waals surface area (Å²) in [5.41, 5.74) is 4.03. The van der Waals surface area contributed by atoms with Crippen LogP contribution in [0.1, 0.15) is 78.5 Å². The molecule has 290 valence electrons. The van der Waals surface area contributed by atoms with Crippen molar-refractivity contribution in [1.29, 1.82) is 0 Å². The average Bonchev–Trinajstić information content (AvgIpc) is 3.74. The molecule has 4 aromatic rings. The first-order valence-electron chi connectivity index (χ1n) is 19.3. The summed E-state index contributed by atoms with van der Waals surface area (Å²) in [6.07, 6.45) is 5.05. The number of hydrogen-bond donors (Lipinski definition) is 3. The Hall–Kier alpha value is -5.70. The zero-order chi connectivity index (χ0) is 38.7. The van der Waals surface area contributed by atoms with Crippen LogP contribution in [-0.2, 0) is 22.7 Å². The lowest BCUT2D eigenvalue weighted by atomic mass is 9.88. The number of phenolic OH excluding ortho intramolecular Hbond substituents is 1. The Morgan fingerprint density at radius 2 is 1.84 bits per heavy atom. The van der Waals surface area contributed by atoms with Crippen LogP contribution in [0.2, 0.25) is 0 Å². The van der Waals surface area contributed by atoms with Crippen molar-refractivity contribution >= 4 is 29.2 Å². The number of para-hydroxylation sites is 1. The van der Waals surface area contributed by atoms with Gasteiger partial charge in [0.1, 0.15) is 23.7 Å². The zero-order valence-electron chi connectivity index (χ0n) is 30.9. The molecule has 0 saturated carbocycles. The summed E-state index contributed by atoms with van der Waals surface area (Å²) in [7, 11) is 0. The number of phenols is 1. The topological polar surface area (TPSA) is 153 Å². The molecule has 5 aliphatic rings. The molecule has 9 rings (SSSR count). The summed E-state index contributed by atoms with van der Waals surface area (Å²) < 4.78 is 36.1. The van der Waals surface area contributed by atoms with Crippen molar-refractivity contribution in [3.8, 4) is 22.8 Å². The number of ether oxygens (including phenoxy) is 1. The first-order chi connectivity index (χ1) is 27.1. The minimum atomic E-state index is -0.733. The predicted molar refractivity (Wildman–Crippen MR) is 201 cm³/mol. The third-order valence-corrected chi connectivity index (χ3v) is 12.3. The first-order valence-corrected chi connectivity index (χ1v) is 19.3.